The Morgan fingerprint density at radius 3 is 2.94 bits per heavy atom. The molecule has 1 N–H and O–H groups in total. The second-order valence-electron chi connectivity index (χ2n) is 3.02. The van der Waals surface area contributed by atoms with Gasteiger partial charge in [0.15, 0.2) is 5.82 Å². The Balaban J connectivity index is 2.42. The Bertz CT molecular complexity index is 501. The lowest BCUT2D eigenvalue weighted by molar-refractivity contribution is 0.619. The minimum absolute atomic E-state index is 0.280. The number of halogens is 2. The van der Waals surface area contributed by atoms with E-state index >= 15 is 0 Å². The van der Waals surface area contributed by atoms with Gasteiger partial charge in [-0.1, -0.05) is 11.6 Å². The number of hydrogen-bond acceptors (Lipinski definition) is 4. The lowest BCUT2D eigenvalue weighted by Crippen LogP contribution is -2.03. The minimum Gasteiger partial charge on any atom is -0.354 e. The predicted octanol–water partition coefficient (Wildman–Crippen LogP) is 3.43. The number of aromatic nitrogens is 2. The molecule has 0 aliphatic carbocycles. The van der Waals surface area contributed by atoms with Crippen molar-refractivity contribution >= 4 is 28.9 Å². The first-order valence-corrected chi connectivity index (χ1v) is 5.92. The Kier molecular flexibility index (Phi) is 3.36. The van der Waals surface area contributed by atoms with E-state index in [-0.39, 0.29) is 5.69 Å². The smallest absolute Gasteiger partial charge is 0.223 e. The highest BCUT2D eigenvalue weighted by Gasteiger charge is 2.11. The van der Waals surface area contributed by atoms with Crippen molar-refractivity contribution in [1.29, 1.82) is 0 Å². The van der Waals surface area contributed by atoms with Crippen LogP contribution in [0.3, 0.4) is 0 Å². The van der Waals surface area contributed by atoms with Crippen LogP contribution in [0.5, 0.6) is 0 Å². The summed E-state index contributed by atoms with van der Waals surface area (Å²) in [4.78, 5) is 8.63. The summed E-state index contributed by atoms with van der Waals surface area (Å²) in [5.41, 5.74) is 0.280. The molecule has 0 saturated carbocycles. The zero-order chi connectivity index (χ0) is 11.5. The zero-order valence-electron chi connectivity index (χ0n) is 8.50. The summed E-state index contributed by atoms with van der Waals surface area (Å²) in [6.45, 7) is 2.62. The SMILES string of the molecule is CCNc1ncc(F)c(-c2ccc(Cl)s2)n1. The van der Waals surface area contributed by atoms with Gasteiger partial charge in [0.25, 0.3) is 0 Å². The van der Waals surface area contributed by atoms with Gasteiger partial charge in [-0.15, -0.1) is 11.3 Å². The monoisotopic (exact) mass is 257 g/mol. The van der Waals surface area contributed by atoms with Crippen LogP contribution < -0.4 is 5.32 Å². The lowest BCUT2D eigenvalue weighted by atomic mass is 10.3. The van der Waals surface area contributed by atoms with Gasteiger partial charge >= 0.3 is 0 Å². The van der Waals surface area contributed by atoms with E-state index in [1.807, 2.05) is 6.92 Å². The van der Waals surface area contributed by atoms with Gasteiger partial charge in [0, 0.05) is 6.54 Å². The van der Waals surface area contributed by atoms with Gasteiger partial charge in [-0.2, -0.15) is 0 Å². The van der Waals surface area contributed by atoms with E-state index in [1.54, 1.807) is 12.1 Å². The highest BCUT2D eigenvalue weighted by atomic mass is 35.5. The molecule has 2 aromatic heterocycles. The molecule has 0 spiro atoms. The number of thiophene rings is 1. The third-order valence-corrected chi connectivity index (χ3v) is 3.12. The summed E-state index contributed by atoms with van der Waals surface area (Å²) in [6, 6.07) is 3.46. The first kappa shape index (κ1) is 11.3. The largest absolute Gasteiger partial charge is 0.354 e. The molecule has 2 heterocycles. The molecule has 2 aromatic rings. The third-order valence-electron chi connectivity index (χ3n) is 1.89. The van der Waals surface area contributed by atoms with Crippen LogP contribution in [0.2, 0.25) is 4.34 Å². The number of rotatable bonds is 3. The molecule has 0 aliphatic heterocycles. The van der Waals surface area contributed by atoms with E-state index in [0.717, 1.165) is 6.20 Å². The van der Waals surface area contributed by atoms with Gasteiger partial charge in [0.1, 0.15) is 5.69 Å². The second kappa shape index (κ2) is 4.76. The molecule has 0 unspecified atom stereocenters. The van der Waals surface area contributed by atoms with Crippen molar-refractivity contribution in [3.63, 3.8) is 0 Å². The molecule has 0 aliphatic rings. The van der Waals surface area contributed by atoms with E-state index in [0.29, 0.717) is 21.7 Å². The molecule has 16 heavy (non-hydrogen) atoms. The summed E-state index contributed by atoms with van der Waals surface area (Å²) >= 11 is 7.09. The van der Waals surface area contributed by atoms with Crippen molar-refractivity contribution in [3.05, 3.63) is 28.5 Å². The fourth-order valence-corrected chi connectivity index (χ4v) is 2.26. The van der Waals surface area contributed by atoms with Crippen molar-refractivity contribution in [3.8, 4) is 10.6 Å². The van der Waals surface area contributed by atoms with Crippen LogP contribution in [0.1, 0.15) is 6.92 Å². The van der Waals surface area contributed by atoms with Crippen LogP contribution in [-0.2, 0) is 0 Å². The van der Waals surface area contributed by atoms with Gasteiger partial charge in [0.05, 0.1) is 15.4 Å². The first-order valence-electron chi connectivity index (χ1n) is 4.73. The van der Waals surface area contributed by atoms with Crippen molar-refractivity contribution in [2.45, 2.75) is 6.92 Å². The fourth-order valence-electron chi connectivity index (χ4n) is 1.22. The highest BCUT2D eigenvalue weighted by molar-refractivity contribution is 7.19. The molecule has 0 aromatic carbocycles. The molecule has 0 radical (unpaired) electrons. The topological polar surface area (TPSA) is 37.8 Å². The minimum atomic E-state index is -0.444. The summed E-state index contributed by atoms with van der Waals surface area (Å²) in [7, 11) is 0. The maximum absolute atomic E-state index is 13.5. The van der Waals surface area contributed by atoms with Crippen LogP contribution in [0.15, 0.2) is 18.3 Å². The molecule has 0 amide bonds. The van der Waals surface area contributed by atoms with E-state index in [4.69, 9.17) is 11.6 Å². The third kappa shape index (κ3) is 2.31. The Labute approximate surface area is 101 Å². The molecule has 3 nitrogen and oxygen atoms in total. The molecule has 0 bridgehead atoms. The van der Waals surface area contributed by atoms with Crippen molar-refractivity contribution in [2.24, 2.45) is 0 Å². The fraction of sp³-hybridized carbons (Fsp3) is 0.200. The first-order chi connectivity index (χ1) is 7.70. The van der Waals surface area contributed by atoms with Crippen LogP contribution in [0.4, 0.5) is 10.3 Å². The highest BCUT2D eigenvalue weighted by Crippen LogP contribution is 2.31. The van der Waals surface area contributed by atoms with Crippen molar-refractivity contribution < 1.29 is 4.39 Å². The van der Waals surface area contributed by atoms with Crippen LogP contribution in [-0.4, -0.2) is 16.5 Å². The maximum Gasteiger partial charge on any atom is 0.223 e. The lowest BCUT2D eigenvalue weighted by Gasteiger charge is -2.03. The average molecular weight is 258 g/mol. The number of hydrogen-bond donors (Lipinski definition) is 1. The van der Waals surface area contributed by atoms with Crippen molar-refractivity contribution in [2.75, 3.05) is 11.9 Å². The van der Waals surface area contributed by atoms with Gasteiger partial charge in [-0.3, -0.25) is 0 Å². The van der Waals surface area contributed by atoms with E-state index in [1.165, 1.54) is 11.3 Å². The van der Waals surface area contributed by atoms with E-state index in [2.05, 4.69) is 15.3 Å². The van der Waals surface area contributed by atoms with E-state index in [9.17, 15) is 4.39 Å². The van der Waals surface area contributed by atoms with Gasteiger partial charge < -0.3 is 5.32 Å². The summed E-state index contributed by atoms with van der Waals surface area (Å²) in [6.07, 6.45) is 1.16. The molecule has 84 valence electrons. The number of nitrogens with one attached hydrogen (secondary N) is 1. The van der Waals surface area contributed by atoms with Crippen LogP contribution in [0.25, 0.3) is 10.6 Å². The van der Waals surface area contributed by atoms with Gasteiger partial charge in [-0.05, 0) is 19.1 Å². The zero-order valence-corrected chi connectivity index (χ0v) is 10.1. The van der Waals surface area contributed by atoms with Crippen LogP contribution >= 0.6 is 22.9 Å². The molecule has 2 rings (SSSR count). The molecule has 0 atom stereocenters. The summed E-state index contributed by atoms with van der Waals surface area (Å²) in [5.74, 6) is -0.0245. The Morgan fingerprint density at radius 2 is 2.31 bits per heavy atom. The molecular weight excluding hydrogens is 249 g/mol. The second-order valence-corrected chi connectivity index (χ2v) is 4.74. The maximum atomic E-state index is 13.5. The van der Waals surface area contributed by atoms with Crippen molar-refractivity contribution in [1.82, 2.24) is 9.97 Å². The van der Waals surface area contributed by atoms with Gasteiger partial charge in [-0.25, -0.2) is 14.4 Å². The number of nitrogens with zero attached hydrogens (tertiary/aromatic N) is 2. The average Bonchev–Trinajstić information content (AvgIpc) is 2.68. The normalized spacial score (nSPS) is 10.4. The molecule has 0 saturated heterocycles. The predicted molar refractivity (Wildman–Crippen MR) is 64.5 cm³/mol. The molecular formula is C10H9ClFN3S. The summed E-state index contributed by atoms with van der Waals surface area (Å²) < 4.78 is 14.1. The molecule has 0 fully saturated rings. The standard InChI is InChI=1S/C10H9ClFN3S/c1-2-13-10-14-5-6(12)9(15-10)7-3-4-8(11)16-7/h3-5H,2H2,1H3,(H,13,14,15). The van der Waals surface area contributed by atoms with Crippen LogP contribution in [0, 0.1) is 5.82 Å². The van der Waals surface area contributed by atoms with Gasteiger partial charge in [0.2, 0.25) is 5.95 Å². The Morgan fingerprint density at radius 1 is 1.50 bits per heavy atom. The Hall–Kier alpha value is -1.20. The summed E-state index contributed by atoms with van der Waals surface area (Å²) in [5, 5.41) is 2.93. The number of anilines is 1. The molecule has 6 heteroatoms. The van der Waals surface area contributed by atoms with E-state index < -0.39 is 5.82 Å². The quantitative estimate of drug-likeness (QED) is 0.915.